The van der Waals surface area contributed by atoms with Gasteiger partial charge in [0.1, 0.15) is 0 Å². The van der Waals surface area contributed by atoms with Crippen LogP contribution in [-0.2, 0) is 4.79 Å². The van der Waals surface area contributed by atoms with Gasteiger partial charge in [0.25, 0.3) is 5.91 Å². The Morgan fingerprint density at radius 2 is 1.56 bits per heavy atom. The Morgan fingerprint density at radius 1 is 0.960 bits per heavy atom. The highest BCUT2D eigenvalue weighted by molar-refractivity contribution is 5.99. The molecule has 1 fully saturated rings. The number of hydrogen-bond donors (Lipinski definition) is 2. The zero-order valence-electron chi connectivity index (χ0n) is 13.9. The third kappa shape index (κ3) is 4.51. The first-order valence-electron chi connectivity index (χ1n) is 8.15. The summed E-state index contributed by atoms with van der Waals surface area (Å²) in [5, 5.41) is 2.93. The first-order chi connectivity index (χ1) is 11.6. The molecule has 0 unspecified atom stereocenters. The minimum atomic E-state index is -0.0672. The molecule has 0 radical (unpaired) electrons. The fraction of sp³-hybridized carbons (Fsp3) is 0.263. The van der Waals surface area contributed by atoms with E-state index in [0.717, 1.165) is 5.69 Å². The van der Waals surface area contributed by atoms with Gasteiger partial charge in [-0.05, 0) is 37.1 Å². The molecular formula is C19H22ClN3O2. The molecule has 132 valence electrons. The van der Waals surface area contributed by atoms with Crippen LogP contribution >= 0.6 is 12.4 Å². The third-order valence-corrected chi connectivity index (χ3v) is 4.39. The van der Waals surface area contributed by atoms with Crippen LogP contribution < -0.4 is 11.1 Å². The molecule has 2 aromatic rings. The van der Waals surface area contributed by atoms with Crippen LogP contribution in [0.5, 0.6) is 0 Å². The number of benzene rings is 2. The number of piperidine rings is 1. The quantitative estimate of drug-likeness (QED) is 0.826. The van der Waals surface area contributed by atoms with Crippen molar-refractivity contribution >= 4 is 35.6 Å². The summed E-state index contributed by atoms with van der Waals surface area (Å²) < 4.78 is 0. The summed E-state index contributed by atoms with van der Waals surface area (Å²) in [7, 11) is 0. The number of anilines is 2. The first-order valence-corrected chi connectivity index (χ1v) is 8.15. The fourth-order valence-corrected chi connectivity index (χ4v) is 2.97. The van der Waals surface area contributed by atoms with E-state index in [1.807, 2.05) is 42.5 Å². The van der Waals surface area contributed by atoms with Gasteiger partial charge in [0, 0.05) is 30.4 Å². The molecule has 5 nitrogen and oxygen atoms in total. The number of halogens is 1. The first kappa shape index (κ1) is 18.8. The van der Waals surface area contributed by atoms with Crippen molar-refractivity contribution < 1.29 is 9.59 Å². The van der Waals surface area contributed by atoms with Gasteiger partial charge in [-0.2, -0.15) is 0 Å². The molecule has 2 aromatic carbocycles. The summed E-state index contributed by atoms with van der Waals surface area (Å²) in [6, 6.07) is 16.5. The van der Waals surface area contributed by atoms with Crippen molar-refractivity contribution in [3.8, 4) is 0 Å². The van der Waals surface area contributed by atoms with E-state index in [2.05, 4.69) is 5.32 Å². The highest BCUT2D eigenvalue weighted by Gasteiger charge is 2.28. The predicted octanol–water partition coefficient (Wildman–Crippen LogP) is 3.18. The van der Waals surface area contributed by atoms with Gasteiger partial charge < -0.3 is 16.0 Å². The van der Waals surface area contributed by atoms with Crippen molar-refractivity contribution in [3.05, 3.63) is 60.2 Å². The van der Waals surface area contributed by atoms with Crippen LogP contribution in [0.3, 0.4) is 0 Å². The standard InChI is InChI=1S/C19H21N3O2.ClH/c20-17-9-5-4-8-16(17)19(24)22-12-10-14(11-13-22)18(23)21-15-6-2-1-3-7-15;/h1-9,14H,10-13,20H2,(H,21,23);1H. The minimum Gasteiger partial charge on any atom is -0.398 e. The van der Waals surface area contributed by atoms with E-state index in [9.17, 15) is 9.59 Å². The van der Waals surface area contributed by atoms with Gasteiger partial charge in [-0.15, -0.1) is 12.4 Å². The Bertz CT molecular complexity index is 728. The van der Waals surface area contributed by atoms with Crippen molar-refractivity contribution in [1.29, 1.82) is 0 Å². The normalized spacial score (nSPS) is 14.5. The Kier molecular flexibility index (Phi) is 6.42. The Morgan fingerprint density at radius 3 is 2.20 bits per heavy atom. The van der Waals surface area contributed by atoms with E-state index in [4.69, 9.17) is 5.73 Å². The van der Waals surface area contributed by atoms with Crippen molar-refractivity contribution in [2.45, 2.75) is 12.8 Å². The van der Waals surface area contributed by atoms with Crippen LogP contribution in [0.25, 0.3) is 0 Å². The lowest BCUT2D eigenvalue weighted by atomic mass is 9.95. The number of carbonyl (C=O) groups excluding carboxylic acids is 2. The number of likely N-dealkylation sites (tertiary alicyclic amines) is 1. The number of nitrogens with zero attached hydrogens (tertiary/aromatic N) is 1. The maximum atomic E-state index is 12.5. The maximum absolute atomic E-state index is 12.5. The number of nitrogens with two attached hydrogens (primary N) is 1. The van der Waals surface area contributed by atoms with E-state index < -0.39 is 0 Å². The van der Waals surface area contributed by atoms with Crippen LogP contribution in [0.4, 0.5) is 11.4 Å². The summed E-state index contributed by atoms with van der Waals surface area (Å²) in [5.74, 6) is -0.107. The monoisotopic (exact) mass is 359 g/mol. The molecule has 0 saturated carbocycles. The zero-order chi connectivity index (χ0) is 16.9. The second kappa shape index (κ2) is 8.53. The van der Waals surface area contributed by atoms with Crippen LogP contribution in [0.1, 0.15) is 23.2 Å². The molecule has 0 atom stereocenters. The van der Waals surface area contributed by atoms with Gasteiger partial charge in [0.2, 0.25) is 5.91 Å². The second-order valence-corrected chi connectivity index (χ2v) is 6.01. The molecule has 0 spiro atoms. The van der Waals surface area contributed by atoms with Gasteiger partial charge >= 0.3 is 0 Å². The second-order valence-electron chi connectivity index (χ2n) is 6.01. The van der Waals surface area contributed by atoms with Crippen LogP contribution in [-0.4, -0.2) is 29.8 Å². The van der Waals surface area contributed by atoms with E-state index in [-0.39, 0.29) is 30.1 Å². The molecule has 0 aliphatic carbocycles. The molecule has 25 heavy (non-hydrogen) atoms. The largest absolute Gasteiger partial charge is 0.398 e. The molecule has 6 heteroatoms. The molecule has 1 aliphatic rings. The maximum Gasteiger partial charge on any atom is 0.255 e. The highest BCUT2D eigenvalue weighted by atomic mass is 35.5. The summed E-state index contributed by atoms with van der Waals surface area (Å²) in [6.07, 6.45) is 1.33. The number of nitrogen functional groups attached to an aromatic ring is 1. The molecule has 0 bridgehead atoms. The van der Waals surface area contributed by atoms with Gasteiger partial charge in [-0.1, -0.05) is 30.3 Å². The third-order valence-electron chi connectivity index (χ3n) is 4.39. The van der Waals surface area contributed by atoms with Crippen LogP contribution in [0, 0.1) is 5.92 Å². The van der Waals surface area contributed by atoms with Gasteiger partial charge in [0.05, 0.1) is 5.56 Å². The van der Waals surface area contributed by atoms with Gasteiger partial charge in [0.15, 0.2) is 0 Å². The topological polar surface area (TPSA) is 75.4 Å². The Balaban J connectivity index is 0.00000225. The summed E-state index contributed by atoms with van der Waals surface area (Å²) in [5.41, 5.74) is 7.71. The Hall–Kier alpha value is -2.53. The lowest BCUT2D eigenvalue weighted by molar-refractivity contribution is -0.121. The number of hydrogen-bond acceptors (Lipinski definition) is 3. The molecule has 1 saturated heterocycles. The number of para-hydroxylation sites is 2. The fourth-order valence-electron chi connectivity index (χ4n) is 2.97. The van der Waals surface area contributed by atoms with Crippen LogP contribution in [0.2, 0.25) is 0 Å². The van der Waals surface area contributed by atoms with E-state index >= 15 is 0 Å². The van der Waals surface area contributed by atoms with Gasteiger partial charge in [-0.25, -0.2) is 0 Å². The lowest BCUT2D eigenvalue weighted by Crippen LogP contribution is -2.41. The number of nitrogens with one attached hydrogen (secondary N) is 1. The van der Waals surface area contributed by atoms with E-state index in [1.54, 1.807) is 17.0 Å². The molecule has 3 N–H and O–H groups in total. The summed E-state index contributed by atoms with van der Waals surface area (Å²) >= 11 is 0. The summed E-state index contributed by atoms with van der Waals surface area (Å²) in [6.45, 7) is 1.14. The Labute approximate surface area is 153 Å². The van der Waals surface area contributed by atoms with Crippen molar-refractivity contribution in [2.24, 2.45) is 5.92 Å². The lowest BCUT2D eigenvalue weighted by Gasteiger charge is -2.31. The van der Waals surface area contributed by atoms with E-state index in [0.29, 0.717) is 37.2 Å². The average Bonchev–Trinajstić information content (AvgIpc) is 2.62. The SMILES string of the molecule is Cl.Nc1ccccc1C(=O)N1CCC(C(=O)Nc2ccccc2)CC1. The van der Waals surface area contributed by atoms with Crippen molar-refractivity contribution in [3.63, 3.8) is 0 Å². The number of carbonyl (C=O) groups is 2. The molecule has 2 amide bonds. The van der Waals surface area contributed by atoms with Gasteiger partial charge in [-0.3, -0.25) is 9.59 Å². The number of amides is 2. The van der Waals surface area contributed by atoms with Crippen LogP contribution in [0.15, 0.2) is 54.6 Å². The number of rotatable bonds is 3. The molecule has 1 heterocycles. The molecular weight excluding hydrogens is 338 g/mol. The highest BCUT2D eigenvalue weighted by Crippen LogP contribution is 2.22. The van der Waals surface area contributed by atoms with Crippen molar-refractivity contribution in [2.75, 3.05) is 24.1 Å². The average molecular weight is 360 g/mol. The minimum absolute atomic E-state index is 0. The van der Waals surface area contributed by atoms with Crippen molar-refractivity contribution in [1.82, 2.24) is 4.90 Å². The summed E-state index contributed by atoms with van der Waals surface area (Å²) in [4.78, 5) is 26.6. The predicted molar refractivity (Wildman–Crippen MR) is 102 cm³/mol. The zero-order valence-corrected chi connectivity index (χ0v) is 14.7. The molecule has 1 aliphatic heterocycles. The molecule has 3 rings (SSSR count). The smallest absolute Gasteiger partial charge is 0.255 e. The van der Waals surface area contributed by atoms with E-state index in [1.165, 1.54) is 0 Å². The molecule has 0 aromatic heterocycles.